The first-order valence-corrected chi connectivity index (χ1v) is 9.78. The second-order valence-electron chi connectivity index (χ2n) is 7.10. The van der Waals surface area contributed by atoms with Crippen molar-refractivity contribution in [1.29, 1.82) is 0 Å². The monoisotopic (exact) mass is 384 g/mol. The van der Waals surface area contributed by atoms with Crippen LogP contribution in [0.4, 0.5) is 5.95 Å². The van der Waals surface area contributed by atoms with E-state index in [1.165, 1.54) is 0 Å². The maximum absolute atomic E-state index is 11.1. The van der Waals surface area contributed by atoms with Crippen LogP contribution in [0.2, 0.25) is 0 Å². The van der Waals surface area contributed by atoms with Crippen molar-refractivity contribution in [3.63, 3.8) is 0 Å². The lowest BCUT2D eigenvalue weighted by Gasteiger charge is -2.37. The maximum Gasteiger partial charge on any atom is 0.317 e. The number of carboxylic acid groups (broad SMARTS) is 1. The Hall–Kier alpha value is -2.67. The molecule has 0 saturated carbocycles. The van der Waals surface area contributed by atoms with E-state index >= 15 is 0 Å². The number of benzene rings is 1. The van der Waals surface area contributed by atoms with E-state index in [1.807, 2.05) is 55.1 Å². The summed E-state index contributed by atoms with van der Waals surface area (Å²) in [5.41, 5.74) is 1.97. The van der Waals surface area contributed by atoms with Gasteiger partial charge < -0.3 is 14.7 Å². The molecule has 1 aromatic heterocycles. The fraction of sp³-hybridized carbons (Fsp3) is 0.476. The highest BCUT2D eigenvalue weighted by Gasteiger charge is 2.26. The fourth-order valence-corrected chi connectivity index (χ4v) is 3.58. The molecule has 150 valence electrons. The van der Waals surface area contributed by atoms with Crippen LogP contribution in [0.5, 0.6) is 5.88 Å². The highest BCUT2D eigenvalue weighted by atomic mass is 16.5. The summed E-state index contributed by atoms with van der Waals surface area (Å²) in [5, 5.41) is 9.08. The standard InChI is InChI=1S/C21H28N4O3/c1-3-24(14-20(26)27)18-9-11-25(12-10-18)21-22-16(2)13-19(23-21)28-15-17-7-5-4-6-8-17/h4-8,13,18H,3,9-12,14-15H2,1-2H3,(H,26,27). The topological polar surface area (TPSA) is 78.8 Å². The normalized spacial score (nSPS) is 15.0. The van der Waals surface area contributed by atoms with Crippen molar-refractivity contribution < 1.29 is 14.6 Å². The smallest absolute Gasteiger partial charge is 0.317 e. The summed E-state index contributed by atoms with van der Waals surface area (Å²) in [6.45, 7) is 6.88. The molecule has 2 aromatic rings. The van der Waals surface area contributed by atoms with Crippen molar-refractivity contribution in [3.05, 3.63) is 47.7 Å². The number of aliphatic carboxylic acids is 1. The summed E-state index contributed by atoms with van der Waals surface area (Å²) in [4.78, 5) is 24.4. The molecular weight excluding hydrogens is 356 g/mol. The second kappa shape index (κ2) is 9.50. The van der Waals surface area contributed by atoms with Crippen LogP contribution in [0.1, 0.15) is 31.0 Å². The molecule has 1 aliphatic rings. The Kier molecular flexibility index (Phi) is 6.81. The lowest BCUT2D eigenvalue weighted by atomic mass is 10.0. The number of hydrogen-bond donors (Lipinski definition) is 1. The van der Waals surface area contributed by atoms with Crippen molar-refractivity contribution in [2.75, 3.05) is 31.1 Å². The van der Waals surface area contributed by atoms with Crippen LogP contribution in [-0.2, 0) is 11.4 Å². The lowest BCUT2D eigenvalue weighted by molar-refractivity contribution is -0.139. The molecule has 2 heterocycles. The summed E-state index contributed by atoms with van der Waals surface area (Å²) in [6, 6.07) is 12.1. The van der Waals surface area contributed by atoms with Gasteiger partial charge in [0.05, 0.1) is 6.54 Å². The second-order valence-corrected chi connectivity index (χ2v) is 7.10. The summed E-state index contributed by atoms with van der Waals surface area (Å²) < 4.78 is 5.87. The largest absolute Gasteiger partial charge is 0.480 e. The Morgan fingerprint density at radius 2 is 1.96 bits per heavy atom. The number of carbonyl (C=O) groups is 1. The van der Waals surface area contributed by atoms with Gasteiger partial charge in [0, 0.05) is 30.9 Å². The first-order valence-electron chi connectivity index (χ1n) is 9.78. The van der Waals surface area contributed by atoms with Crippen LogP contribution < -0.4 is 9.64 Å². The van der Waals surface area contributed by atoms with E-state index in [0.29, 0.717) is 18.4 Å². The van der Waals surface area contributed by atoms with Crippen molar-refractivity contribution in [1.82, 2.24) is 14.9 Å². The third-order valence-electron chi connectivity index (χ3n) is 5.06. The van der Waals surface area contributed by atoms with Crippen molar-refractivity contribution in [2.24, 2.45) is 0 Å². The summed E-state index contributed by atoms with van der Waals surface area (Å²) in [5.74, 6) is 0.490. The van der Waals surface area contributed by atoms with Crippen LogP contribution in [0.3, 0.4) is 0 Å². The van der Waals surface area contributed by atoms with Gasteiger partial charge in [-0.1, -0.05) is 37.3 Å². The summed E-state index contributed by atoms with van der Waals surface area (Å²) >= 11 is 0. The summed E-state index contributed by atoms with van der Waals surface area (Å²) in [7, 11) is 0. The number of aromatic nitrogens is 2. The van der Waals surface area contributed by atoms with Crippen LogP contribution in [0.15, 0.2) is 36.4 Å². The third kappa shape index (κ3) is 5.42. The molecule has 0 unspecified atom stereocenters. The van der Waals surface area contributed by atoms with Gasteiger partial charge in [0.15, 0.2) is 0 Å². The number of carboxylic acids is 1. The number of hydrogen-bond acceptors (Lipinski definition) is 6. The van der Waals surface area contributed by atoms with E-state index in [9.17, 15) is 4.79 Å². The van der Waals surface area contributed by atoms with E-state index < -0.39 is 5.97 Å². The Labute approximate surface area is 166 Å². The van der Waals surface area contributed by atoms with E-state index in [-0.39, 0.29) is 12.6 Å². The fourth-order valence-electron chi connectivity index (χ4n) is 3.58. The SMILES string of the molecule is CCN(CC(=O)O)C1CCN(c2nc(C)cc(OCc3ccccc3)n2)CC1. The first kappa shape index (κ1) is 20.1. The van der Waals surface area contributed by atoms with E-state index in [2.05, 4.69) is 14.9 Å². The molecule has 3 rings (SSSR count). The molecule has 1 fully saturated rings. The minimum atomic E-state index is -0.772. The number of ether oxygens (including phenoxy) is 1. The van der Waals surface area contributed by atoms with Gasteiger partial charge in [0.25, 0.3) is 0 Å². The molecule has 7 nitrogen and oxygen atoms in total. The summed E-state index contributed by atoms with van der Waals surface area (Å²) in [6.07, 6.45) is 1.80. The van der Waals surface area contributed by atoms with Gasteiger partial charge >= 0.3 is 5.97 Å². The molecule has 7 heteroatoms. The molecule has 1 aromatic carbocycles. The van der Waals surface area contributed by atoms with Crippen LogP contribution >= 0.6 is 0 Å². The Morgan fingerprint density at radius 3 is 2.61 bits per heavy atom. The van der Waals surface area contributed by atoms with Crippen molar-refractivity contribution >= 4 is 11.9 Å². The third-order valence-corrected chi connectivity index (χ3v) is 5.06. The molecule has 1 N–H and O–H groups in total. The number of rotatable bonds is 8. The predicted molar refractivity (Wildman–Crippen MR) is 108 cm³/mol. The van der Waals surface area contributed by atoms with Crippen molar-refractivity contribution in [2.45, 2.75) is 39.3 Å². The molecule has 0 atom stereocenters. The van der Waals surface area contributed by atoms with Gasteiger partial charge in [0.2, 0.25) is 11.8 Å². The molecule has 0 aliphatic carbocycles. The molecule has 0 spiro atoms. The average molecular weight is 384 g/mol. The Morgan fingerprint density at radius 1 is 1.25 bits per heavy atom. The molecule has 1 aliphatic heterocycles. The Balaban J connectivity index is 1.61. The predicted octanol–water partition coefficient (Wildman–Crippen LogP) is 2.74. The van der Waals surface area contributed by atoms with Gasteiger partial charge in [-0.15, -0.1) is 0 Å². The molecule has 0 amide bonds. The number of anilines is 1. The zero-order chi connectivity index (χ0) is 19.9. The molecule has 28 heavy (non-hydrogen) atoms. The van der Waals surface area contributed by atoms with Crippen LogP contribution in [0, 0.1) is 6.92 Å². The molecule has 0 radical (unpaired) electrons. The van der Waals surface area contributed by atoms with Gasteiger partial charge in [-0.25, -0.2) is 4.98 Å². The highest BCUT2D eigenvalue weighted by molar-refractivity contribution is 5.69. The van der Waals surface area contributed by atoms with Gasteiger partial charge in [0.1, 0.15) is 6.61 Å². The van der Waals surface area contributed by atoms with Crippen LogP contribution in [-0.4, -0.2) is 58.2 Å². The highest BCUT2D eigenvalue weighted by Crippen LogP contribution is 2.22. The van der Waals surface area contributed by atoms with Gasteiger partial charge in [-0.3, -0.25) is 9.69 Å². The average Bonchev–Trinajstić information content (AvgIpc) is 2.71. The molecule has 0 bridgehead atoms. The van der Waals surface area contributed by atoms with Crippen LogP contribution in [0.25, 0.3) is 0 Å². The maximum atomic E-state index is 11.1. The number of nitrogens with zero attached hydrogens (tertiary/aromatic N) is 4. The Bertz CT molecular complexity index is 776. The zero-order valence-electron chi connectivity index (χ0n) is 16.5. The number of piperidine rings is 1. The lowest BCUT2D eigenvalue weighted by Crippen LogP contribution is -2.47. The molecule has 1 saturated heterocycles. The van der Waals surface area contributed by atoms with Crippen molar-refractivity contribution in [3.8, 4) is 5.88 Å². The van der Waals surface area contributed by atoms with E-state index in [1.54, 1.807) is 0 Å². The van der Waals surface area contributed by atoms with Gasteiger partial charge in [-0.05, 0) is 31.9 Å². The minimum absolute atomic E-state index is 0.0968. The zero-order valence-corrected chi connectivity index (χ0v) is 16.5. The number of aryl methyl sites for hydroxylation is 1. The van der Waals surface area contributed by atoms with E-state index in [4.69, 9.17) is 9.84 Å². The first-order chi connectivity index (χ1) is 13.5. The minimum Gasteiger partial charge on any atom is -0.480 e. The van der Waals surface area contributed by atoms with E-state index in [0.717, 1.165) is 43.7 Å². The number of likely N-dealkylation sites (N-methyl/N-ethyl adjacent to an activating group) is 1. The molecular formula is C21H28N4O3. The van der Waals surface area contributed by atoms with Gasteiger partial charge in [-0.2, -0.15) is 4.98 Å². The quantitative estimate of drug-likeness (QED) is 0.750.